The number of halogens is 2. The highest BCUT2D eigenvalue weighted by Crippen LogP contribution is 2.24. The molecule has 0 saturated carbocycles. The molecule has 0 amide bonds. The monoisotopic (exact) mass is 239 g/mol. The number of benzene rings is 1. The highest BCUT2D eigenvalue weighted by Gasteiger charge is 2.04. The topological polar surface area (TPSA) is 12.9 Å². The number of fused-ring (bicyclic) bond motifs is 1. The molecule has 0 bridgehead atoms. The molecule has 0 aliphatic carbocycles. The maximum absolute atomic E-state index is 13.4. The summed E-state index contributed by atoms with van der Waals surface area (Å²) in [5.41, 5.74) is 0.897. The Morgan fingerprint density at radius 3 is 2.92 bits per heavy atom. The van der Waals surface area contributed by atoms with Crippen molar-refractivity contribution in [3.63, 3.8) is 0 Å². The highest BCUT2D eigenvalue weighted by molar-refractivity contribution is 9.10. The smallest absolute Gasteiger partial charge is 0.146 e. The molecular formula is C10H7BrFN. The van der Waals surface area contributed by atoms with Crippen molar-refractivity contribution in [3.8, 4) is 0 Å². The van der Waals surface area contributed by atoms with Gasteiger partial charge in [-0.2, -0.15) is 0 Å². The third-order valence-corrected chi connectivity index (χ3v) is 2.54. The van der Waals surface area contributed by atoms with E-state index in [4.69, 9.17) is 0 Å². The van der Waals surface area contributed by atoms with Crippen LogP contribution in [0.2, 0.25) is 0 Å². The number of hydrogen-bond acceptors (Lipinski definition) is 1. The van der Waals surface area contributed by atoms with Crippen molar-refractivity contribution in [2.75, 3.05) is 0 Å². The molecule has 2 rings (SSSR count). The molecule has 0 fully saturated rings. The normalized spacial score (nSPS) is 10.7. The van der Waals surface area contributed by atoms with Crippen LogP contribution >= 0.6 is 15.9 Å². The molecule has 0 N–H and O–H groups in total. The zero-order valence-electron chi connectivity index (χ0n) is 7.01. The molecule has 0 aliphatic heterocycles. The fourth-order valence-corrected chi connectivity index (χ4v) is 1.61. The highest BCUT2D eigenvalue weighted by atomic mass is 79.9. The van der Waals surface area contributed by atoms with Crippen molar-refractivity contribution in [2.24, 2.45) is 0 Å². The van der Waals surface area contributed by atoms with Crippen molar-refractivity contribution in [1.82, 2.24) is 4.98 Å². The van der Waals surface area contributed by atoms with Gasteiger partial charge in [0.1, 0.15) is 5.82 Å². The SMILES string of the molecule is Cc1cc2ccc(Br)c(F)c2cn1. The molecule has 1 heterocycles. The minimum Gasteiger partial charge on any atom is -0.261 e. The summed E-state index contributed by atoms with van der Waals surface area (Å²) in [5.74, 6) is -0.245. The fourth-order valence-electron chi connectivity index (χ4n) is 1.27. The van der Waals surface area contributed by atoms with E-state index in [0.717, 1.165) is 11.1 Å². The summed E-state index contributed by atoms with van der Waals surface area (Å²) in [6, 6.07) is 5.44. The standard InChI is InChI=1S/C10H7BrFN/c1-6-4-7-2-3-9(11)10(12)8(7)5-13-6/h2-5H,1H3. The molecule has 0 atom stereocenters. The molecule has 1 aromatic carbocycles. The van der Waals surface area contributed by atoms with E-state index < -0.39 is 0 Å². The van der Waals surface area contributed by atoms with E-state index >= 15 is 0 Å². The predicted molar refractivity (Wildman–Crippen MR) is 54.1 cm³/mol. The number of hydrogen-bond donors (Lipinski definition) is 0. The summed E-state index contributed by atoms with van der Waals surface area (Å²) < 4.78 is 13.9. The summed E-state index contributed by atoms with van der Waals surface area (Å²) in [4.78, 5) is 4.05. The van der Waals surface area contributed by atoms with Crippen molar-refractivity contribution in [2.45, 2.75) is 6.92 Å². The van der Waals surface area contributed by atoms with Crippen LogP contribution in [0, 0.1) is 12.7 Å². The summed E-state index contributed by atoms with van der Waals surface area (Å²) in [5, 5.41) is 1.44. The molecule has 0 spiro atoms. The number of nitrogens with zero attached hydrogens (tertiary/aromatic N) is 1. The number of aromatic nitrogens is 1. The molecule has 3 heteroatoms. The number of rotatable bonds is 0. The molecule has 1 nitrogen and oxygen atoms in total. The third kappa shape index (κ3) is 1.44. The van der Waals surface area contributed by atoms with Crippen LogP contribution < -0.4 is 0 Å². The molecule has 0 radical (unpaired) electrons. The van der Waals surface area contributed by atoms with E-state index in [1.54, 1.807) is 12.3 Å². The minimum atomic E-state index is -0.245. The summed E-state index contributed by atoms with van der Waals surface area (Å²) in [6.07, 6.45) is 1.56. The first-order valence-corrected chi connectivity index (χ1v) is 4.68. The van der Waals surface area contributed by atoms with Crippen molar-refractivity contribution in [3.05, 3.63) is 40.4 Å². The maximum Gasteiger partial charge on any atom is 0.146 e. The van der Waals surface area contributed by atoms with Gasteiger partial charge in [0.25, 0.3) is 0 Å². The Hall–Kier alpha value is -0.960. The summed E-state index contributed by atoms with van der Waals surface area (Å²) in [6.45, 7) is 1.89. The van der Waals surface area contributed by atoms with Gasteiger partial charge in [0.2, 0.25) is 0 Å². The Bertz CT molecular complexity index is 468. The zero-order valence-corrected chi connectivity index (χ0v) is 8.60. The number of aryl methyl sites for hydroxylation is 1. The Kier molecular flexibility index (Phi) is 2.04. The first-order chi connectivity index (χ1) is 6.18. The first-order valence-electron chi connectivity index (χ1n) is 3.89. The van der Waals surface area contributed by atoms with Crippen molar-refractivity contribution < 1.29 is 4.39 Å². The third-order valence-electron chi connectivity index (χ3n) is 1.93. The predicted octanol–water partition coefficient (Wildman–Crippen LogP) is 3.44. The molecule has 66 valence electrons. The van der Waals surface area contributed by atoms with Gasteiger partial charge in [-0.3, -0.25) is 4.98 Å². The maximum atomic E-state index is 13.4. The molecule has 0 saturated heterocycles. The van der Waals surface area contributed by atoms with Gasteiger partial charge < -0.3 is 0 Å². The van der Waals surface area contributed by atoms with E-state index in [9.17, 15) is 4.39 Å². The molecule has 0 aliphatic rings. The van der Waals surface area contributed by atoms with Crippen LogP contribution in [0.3, 0.4) is 0 Å². The molecule has 2 aromatic rings. The van der Waals surface area contributed by atoms with Gasteiger partial charge in [-0.1, -0.05) is 6.07 Å². The lowest BCUT2D eigenvalue weighted by atomic mass is 10.1. The van der Waals surface area contributed by atoms with E-state index in [1.165, 1.54) is 0 Å². The summed E-state index contributed by atoms with van der Waals surface area (Å²) >= 11 is 3.13. The van der Waals surface area contributed by atoms with Crippen LogP contribution in [0.25, 0.3) is 10.8 Å². The fraction of sp³-hybridized carbons (Fsp3) is 0.100. The Balaban J connectivity index is 2.87. The van der Waals surface area contributed by atoms with Gasteiger partial charge in [-0.15, -0.1) is 0 Å². The zero-order chi connectivity index (χ0) is 9.42. The van der Waals surface area contributed by atoms with E-state index in [2.05, 4.69) is 20.9 Å². The van der Waals surface area contributed by atoms with Gasteiger partial charge in [0, 0.05) is 17.3 Å². The molecular weight excluding hydrogens is 233 g/mol. The largest absolute Gasteiger partial charge is 0.261 e. The van der Waals surface area contributed by atoms with Crippen LogP contribution in [0.1, 0.15) is 5.69 Å². The van der Waals surface area contributed by atoms with Crippen molar-refractivity contribution in [1.29, 1.82) is 0 Å². The quantitative estimate of drug-likeness (QED) is 0.687. The van der Waals surface area contributed by atoms with Crippen LogP contribution in [0.5, 0.6) is 0 Å². The number of pyridine rings is 1. The Morgan fingerprint density at radius 1 is 1.38 bits per heavy atom. The molecule has 0 unspecified atom stereocenters. The van der Waals surface area contributed by atoms with E-state index in [0.29, 0.717) is 9.86 Å². The second-order valence-electron chi connectivity index (χ2n) is 2.91. The van der Waals surface area contributed by atoms with Crippen LogP contribution in [-0.2, 0) is 0 Å². The van der Waals surface area contributed by atoms with E-state index in [1.807, 2.05) is 19.1 Å². The van der Waals surface area contributed by atoms with E-state index in [-0.39, 0.29) is 5.82 Å². The lowest BCUT2D eigenvalue weighted by Crippen LogP contribution is -1.85. The first kappa shape index (κ1) is 8.63. The Morgan fingerprint density at radius 2 is 2.15 bits per heavy atom. The lowest BCUT2D eigenvalue weighted by molar-refractivity contribution is 0.633. The molecule has 1 aromatic heterocycles. The Labute approximate surface area is 83.7 Å². The second-order valence-corrected chi connectivity index (χ2v) is 3.76. The van der Waals surface area contributed by atoms with Gasteiger partial charge in [-0.25, -0.2) is 4.39 Å². The summed E-state index contributed by atoms with van der Waals surface area (Å²) in [7, 11) is 0. The second kappa shape index (κ2) is 3.07. The minimum absolute atomic E-state index is 0.245. The molecule has 13 heavy (non-hydrogen) atoms. The lowest BCUT2D eigenvalue weighted by Gasteiger charge is -2.01. The van der Waals surface area contributed by atoms with Gasteiger partial charge >= 0.3 is 0 Å². The van der Waals surface area contributed by atoms with Crippen LogP contribution in [0.4, 0.5) is 4.39 Å². The van der Waals surface area contributed by atoms with Crippen LogP contribution in [0.15, 0.2) is 28.9 Å². The van der Waals surface area contributed by atoms with Gasteiger partial charge in [0.15, 0.2) is 0 Å². The van der Waals surface area contributed by atoms with Crippen molar-refractivity contribution >= 4 is 26.7 Å². The average molecular weight is 240 g/mol. The van der Waals surface area contributed by atoms with Gasteiger partial charge in [-0.05, 0) is 40.4 Å². The van der Waals surface area contributed by atoms with Gasteiger partial charge in [0.05, 0.1) is 4.47 Å². The average Bonchev–Trinajstić information content (AvgIpc) is 2.12. The van der Waals surface area contributed by atoms with Crippen LogP contribution in [-0.4, -0.2) is 4.98 Å².